The van der Waals surface area contributed by atoms with E-state index < -0.39 is 0 Å². The van der Waals surface area contributed by atoms with E-state index in [2.05, 4.69) is 15.3 Å². The van der Waals surface area contributed by atoms with Gasteiger partial charge in [0.2, 0.25) is 0 Å². The number of aromatic nitrogens is 2. The zero-order chi connectivity index (χ0) is 9.38. The highest BCUT2D eigenvalue weighted by molar-refractivity contribution is 5.32. The Labute approximate surface area is 82.7 Å². The molecule has 3 rings (SSSR count). The van der Waals surface area contributed by atoms with E-state index in [0.717, 1.165) is 12.2 Å². The van der Waals surface area contributed by atoms with Gasteiger partial charge in [-0.3, -0.25) is 4.98 Å². The van der Waals surface area contributed by atoms with Gasteiger partial charge in [0.15, 0.2) is 0 Å². The number of rotatable bonds is 2. The second-order valence-corrected chi connectivity index (χ2v) is 3.95. The maximum absolute atomic E-state index is 5.75. The van der Waals surface area contributed by atoms with Crippen LogP contribution in [0.1, 0.15) is 19.3 Å². The number of anilines is 1. The second kappa shape index (κ2) is 3.20. The van der Waals surface area contributed by atoms with E-state index in [0.29, 0.717) is 18.2 Å². The Balaban J connectivity index is 1.69. The highest BCUT2D eigenvalue weighted by Crippen LogP contribution is 2.35. The average Bonchev–Trinajstić information content (AvgIpc) is 2.81. The Morgan fingerprint density at radius 1 is 1.36 bits per heavy atom. The molecule has 0 spiro atoms. The van der Waals surface area contributed by atoms with Crippen molar-refractivity contribution >= 4 is 5.82 Å². The van der Waals surface area contributed by atoms with E-state index in [1.807, 2.05) is 0 Å². The molecule has 3 heterocycles. The topological polar surface area (TPSA) is 47.0 Å². The zero-order valence-electron chi connectivity index (χ0n) is 7.89. The Morgan fingerprint density at radius 3 is 3.00 bits per heavy atom. The van der Waals surface area contributed by atoms with E-state index >= 15 is 0 Å². The van der Waals surface area contributed by atoms with Crippen LogP contribution in [-0.4, -0.2) is 28.2 Å². The number of nitrogens with zero attached hydrogens (tertiary/aromatic N) is 2. The van der Waals surface area contributed by atoms with Crippen LogP contribution in [-0.2, 0) is 4.74 Å². The zero-order valence-corrected chi connectivity index (χ0v) is 7.89. The van der Waals surface area contributed by atoms with Gasteiger partial charge in [-0.25, -0.2) is 4.98 Å². The molecule has 14 heavy (non-hydrogen) atoms. The minimum absolute atomic E-state index is 0.391. The van der Waals surface area contributed by atoms with Gasteiger partial charge < -0.3 is 10.1 Å². The van der Waals surface area contributed by atoms with Gasteiger partial charge in [-0.1, -0.05) is 0 Å². The molecule has 2 aliphatic rings. The van der Waals surface area contributed by atoms with E-state index in [1.54, 1.807) is 18.6 Å². The molecule has 4 nitrogen and oxygen atoms in total. The van der Waals surface area contributed by atoms with Gasteiger partial charge in [0, 0.05) is 12.4 Å². The number of nitrogens with one attached hydrogen (secondary N) is 1. The van der Waals surface area contributed by atoms with Crippen LogP contribution in [0.25, 0.3) is 0 Å². The first-order chi connectivity index (χ1) is 6.92. The number of hydrogen-bond acceptors (Lipinski definition) is 4. The summed E-state index contributed by atoms with van der Waals surface area (Å²) in [6, 6.07) is 0.436. The van der Waals surface area contributed by atoms with Crippen molar-refractivity contribution in [3.63, 3.8) is 0 Å². The third-order valence-electron chi connectivity index (χ3n) is 3.00. The molecule has 2 fully saturated rings. The molecule has 2 bridgehead atoms. The summed E-state index contributed by atoms with van der Waals surface area (Å²) in [5.74, 6) is 0.855. The van der Waals surface area contributed by atoms with Crippen LogP contribution in [0.5, 0.6) is 0 Å². The maximum atomic E-state index is 5.75. The van der Waals surface area contributed by atoms with Crippen molar-refractivity contribution < 1.29 is 4.74 Å². The van der Waals surface area contributed by atoms with Gasteiger partial charge in [0.25, 0.3) is 0 Å². The SMILES string of the molecule is c1cnc(N[C@H]2CC3CCC2O3)cn1. The number of fused-ring (bicyclic) bond motifs is 2. The van der Waals surface area contributed by atoms with Crippen molar-refractivity contribution in [1.29, 1.82) is 0 Å². The van der Waals surface area contributed by atoms with Crippen molar-refractivity contribution in [2.24, 2.45) is 0 Å². The standard InChI is InChI=1S/C10H13N3O/c1-2-9-8(5-7(1)14-9)13-10-6-11-3-4-12-10/h3-4,6-9H,1-2,5H2,(H,12,13)/t7?,8-,9?/m0/s1. The first-order valence-electron chi connectivity index (χ1n) is 5.10. The van der Waals surface area contributed by atoms with Gasteiger partial charge in [-0.05, 0) is 19.3 Å². The van der Waals surface area contributed by atoms with E-state index in [1.165, 1.54) is 12.8 Å². The van der Waals surface area contributed by atoms with Crippen LogP contribution in [0.15, 0.2) is 18.6 Å². The number of hydrogen-bond donors (Lipinski definition) is 1. The predicted molar refractivity (Wildman–Crippen MR) is 52.0 cm³/mol. The summed E-state index contributed by atoms with van der Waals surface area (Å²) in [5, 5.41) is 3.37. The number of ether oxygens (including phenoxy) is 1. The van der Waals surface area contributed by atoms with Crippen LogP contribution < -0.4 is 5.32 Å². The minimum Gasteiger partial charge on any atom is -0.373 e. The Kier molecular flexibility index (Phi) is 1.87. The summed E-state index contributed by atoms with van der Waals surface area (Å²) in [5.41, 5.74) is 0. The fourth-order valence-electron chi connectivity index (χ4n) is 2.35. The first kappa shape index (κ1) is 8.17. The van der Waals surface area contributed by atoms with Crippen LogP contribution in [0, 0.1) is 0 Å². The van der Waals surface area contributed by atoms with Crippen molar-refractivity contribution in [2.75, 3.05) is 5.32 Å². The third kappa shape index (κ3) is 1.35. The molecule has 0 radical (unpaired) electrons. The highest BCUT2D eigenvalue weighted by Gasteiger charge is 2.40. The van der Waals surface area contributed by atoms with Gasteiger partial charge >= 0.3 is 0 Å². The minimum atomic E-state index is 0.391. The highest BCUT2D eigenvalue weighted by atomic mass is 16.5. The average molecular weight is 191 g/mol. The normalized spacial score (nSPS) is 34.7. The molecule has 0 saturated carbocycles. The summed E-state index contributed by atoms with van der Waals surface area (Å²) in [4.78, 5) is 8.22. The molecule has 1 aromatic rings. The van der Waals surface area contributed by atoms with Crippen LogP contribution in [0.2, 0.25) is 0 Å². The van der Waals surface area contributed by atoms with E-state index in [-0.39, 0.29) is 0 Å². The molecule has 0 aromatic carbocycles. The van der Waals surface area contributed by atoms with Crippen LogP contribution in [0.4, 0.5) is 5.82 Å². The lowest BCUT2D eigenvalue weighted by molar-refractivity contribution is 0.102. The van der Waals surface area contributed by atoms with Crippen molar-refractivity contribution in [2.45, 2.75) is 37.5 Å². The van der Waals surface area contributed by atoms with Crippen molar-refractivity contribution in [3.05, 3.63) is 18.6 Å². The van der Waals surface area contributed by atoms with Gasteiger partial charge in [0.05, 0.1) is 24.4 Å². The van der Waals surface area contributed by atoms with Crippen LogP contribution in [0.3, 0.4) is 0 Å². The summed E-state index contributed by atoms with van der Waals surface area (Å²) in [6.45, 7) is 0. The van der Waals surface area contributed by atoms with Gasteiger partial charge in [-0.2, -0.15) is 0 Å². The summed E-state index contributed by atoms with van der Waals surface area (Å²) in [6.07, 6.45) is 9.54. The molecule has 0 amide bonds. The molecule has 0 aliphatic carbocycles. The van der Waals surface area contributed by atoms with Gasteiger partial charge in [-0.15, -0.1) is 0 Å². The molecule has 2 saturated heterocycles. The lowest BCUT2D eigenvalue weighted by Crippen LogP contribution is -2.30. The Hall–Kier alpha value is -1.16. The molecule has 2 aliphatic heterocycles. The fraction of sp³-hybridized carbons (Fsp3) is 0.600. The fourth-order valence-corrected chi connectivity index (χ4v) is 2.35. The van der Waals surface area contributed by atoms with Crippen LogP contribution >= 0.6 is 0 Å². The molecular weight excluding hydrogens is 178 g/mol. The molecule has 2 unspecified atom stereocenters. The summed E-state index contributed by atoms with van der Waals surface area (Å²) >= 11 is 0. The molecule has 1 N–H and O–H groups in total. The van der Waals surface area contributed by atoms with Crippen molar-refractivity contribution in [1.82, 2.24) is 9.97 Å². The molecule has 1 aromatic heterocycles. The molecule has 3 atom stereocenters. The predicted octanol–water partition coefficient (Wildman–Crippen LogP) is 1.21. The first-order valence-corrected chi connectivity index (χ1v) is 5.10. The lowest BCUT2D eigenvalue weighted by atomic mass is 9.95. The van der Waals surface area contributed by atoms with Gasteiger partial charge in [0.1, 0.15) is 5.82 Å². The molecule has 74 valence electrons. The van der Waals surface area contributed by atoms with E-state index in [4.69, 9.17) is 4.74 Å². The summed E-state index contributed by atoms with van der Waals surface area (Å²) < 4.78 is 5.75. The maximum Gasteiger partial charge on any atom is 0.144 e. The quantitative estimate of drug-likeness (QED) is 0.763. The monoisotopic (exact) mass is 191 g/mol. The molecule has 4 heteroatoms. The third-order valence-corrected chi connectivity index (χ3v) is 3.00. The lowest BCUT2D eigenvalue weighted by Gasteiger charge is -2.19. The summed E-state index contributed by atoms with van der Waals surface area (Å²) in [7, 11) is 0. The molecular formula is C10H13N3O. The van der Waals surface area contributed by atoms with Crippen molar-refractivity contribution in [3.8, 4) is 0 Å². The Morgan fingerprint density at radius 2 is 2.36 bits per heavy atom. The Bertz CT molecular complexity index is 316. The van der Waals surface area contributed by atoms with E-state index in [9.17, 15) is 0 Å². The largest absolute Gasteiger partial charge is 0.373 e. The second-order valence-electron chi connectivity index (χ2n) is 3.95. The smallest absolute Gasteiger partial charge is 0.144 e.